The average Bonchev–Trinajstić information content (AvgIpc) is 2.16. The molecule has 6 heteroatoms. The zero-order chi connectivity index (χ0) is 12.2. The standard InChI is InChI=1S/C10H10FO4P/c11-9(10(12)7-16(13,14)15)6-8-4-2-1-3-5-8/h1-6H,7H2,(H2,13,14,15)/b9-6-. The lowest BCUT2D eigenvalue weighted by atomic mass is 10.2. The first kappa shape index (κ1) is 12.8. The van der Waals surface area contributed by atoms with Crippen LogP contribution < -0.4 is 0 Å². The fourth-order valence-electron chi connectivity index (χ4n) is 1.04. The Morgan fingerprint density at radius 3 is 2.38 bits per heavy atom. The number of halogens is 1. The Balaban J connectivity index is 2.79. The maximum Gasteiger partial charge on any atom is 0.333 e. The molecule has 16 heavy (non-hydrogen) atoms. The van der Waals surface area contributed by atoms with Crippen molar-refractivity contribution in [1.29, 1.82) is 0 Å². The molecule has 0 aliphatic heterocycles. The molecule has 0 aromatic heterocycles. The number of carbonyl (C=O) groups excluding carboxylic acids is 1. The highest BCUT2D eigenvalue weighted by Crippen LogP contribution is 2.35. The molecule has 0 saturated heterocycles. The summed E-state index contributed by atoms with van der Waals surface area (Å²) in [5, 5.41) is 0. The van der Waals surface area contributed by atoms with E-state index in [-0.39, 0.29) is 0 Å². The molecule has 0 radical (unpaired) electrons. The second-order valence-corrected chi connectivity index (χ2v) is 4.79. The summed E-state index contributed by atoms with van der Waals surface area (Å²) in [6, 6.07) is 8.19. The number of hydrogen-bond donors (Lipinski definition) is 2. The maximum atomic E-state index is 13.2. The summed E-state index contributed by atoms with van der Waals surface area (Å²) >= 11 is 0. The van der Waals surface area contributed by atoms with E-state index in [0.29, 0.717) is 5.56 Å². The van der Waals surface area contributed by atoms with Crippen molar-refractivity contribution in [3.05, 3.63) is 41.7 Å². The van der Waals surface area contributed by atoms with Crippen molar-refractivity contribution in [2.24, 2.45) is 0 Å². The Kier molecular flexibility index (Phi) is 4.12. The molecule has 1 rings (SSSR count). The van der Waals surface area contributed by atoms with E-state index in [1.54, 1.807) is 30.3 Å². The fourth-order valence-corrected chi connectivity index (χ4v) is 1.56. The molecule has 0 atom stereocenters. The van der Waals surface area contributed by atoms with Crippen LogP contribution in [0.1, 0.15) is 5.56 Å². The largest absolute Gasteiger partial charge is 0.333 e. The average molecular weight is 244 g/mol. The van der Waals surface area contributed by atoms with E-state index in [1.807, 2.05) is 0 Å². The first-order chi connectivity index (χ1) is 7.38. The SMILES string of the molecule is O=C(CP(=O)(O)O)/C(F)=C/c1ccccc1. The third-order valence-corrected chi connectivity index (χ3v) is 2.41. The number of benzene rings is 1. The van der Waals surface area contributed by atoms with Gasteiger partial charge in [0.2, 0.25) is 5.78 Å². The number of hydrogen-bond acceptors (Lipinski definition) is 2. The van der Waals surface area contributed by atoms with E-state index < -0.39 is 25.4 Å². The second kappa shape index (κ2) is 5.16. The van der Waals surface area contributed by atoms with E-state index in [0.717, 1.165) is 6.08 Å². The molecule has 0 bridgehead atoms. The summed E-state index contributed by atoms with van der Waals surface area (Å²) in [4.78, 5) is 28.0. The van der Waals surface area contributed by atoms with E-state index >= 15 is 0 Å². The third kappa shape index (κ3) is 4.49. The van der Waals surface area contributed by atoms with Gasteiger partial charge in [-0.15, -0.1) is 0 Å². The highest BCUT2D eigenvalue weighted by Gasteiger charge is 2.21. The van der Waals surface area contributed by atoms with Crippen LogP contribution in [0.3, 0.4) is 0 Å². The van der Waals surface area contributed by atoms with Gasteiger partial charge in [0.05, 0.1) is 0 Å². The molecule has 0 spiro atoms. The molecule has 86 valence electrons. The zero-order valence-corrected chi connectivity index (χ0v) is 9.10. The fraction of sp³-hybridized carbons (Fsp3) is 0.100. The smallest absolute Gasteiger partial charge is 0.324 e. The highest BCUT2D eigenvalue weighted by molar-refractivity contribution is 7.52. The normalized spacial score (nSPS) is 12.6. The van der Waals surface area contributed by atoms with Crippen LogP contribution in [0, 0.1) is 0 Å². The lowest BCUT2D eigenvalue weighted by molar-refractivity contribution is -0.114. The predicted molar refractivity (Wildman–Crippen MR) is 57.4 cm³/mol. The van der Waals surface area contributed by atoms with E-state index in [9.17, 15) is 13.8 Å². The summed E-state index contributed by atoms with van der Waals surface area (Å²) in [5.41, 5.74) is 0.457. The molecule has 0 unspecified atom stereocenters. The van der Waals surface area contributed by atoms with Gasteiger partial charge in [0, 0.05) is 0 Å². The quantitative estimate of drug-likeness (QED) is 0.625. The molecule has 0 fully saturated rings. The van der Waals surface area contributed by atoms with E-state index in [1.165, 1.54) is 0 Å². The molecule has 2 N–H and O–H groups in total. The van der Waals surface area contributed by atoms with Gasteiger partial charge >= 0.3 is 7.60 Å². The number of ketones is 1. The van der Waals surface area contributed by atoms with Gasteiger partial charge in [-0.3, -0.25) is 9.36 Å². The predicted octanol–water partition coefficient (Wildman–Crippen LogP) is 1.74. The molecule has 1 aromatic carbocycles. The summed E-state index contributed by atoms with van der Waals surface area (Å²) in [5.74, 6) is -2.35. The Hall–Kier alpha value is -1.29. The van der Waals surface area contributed by atoms with Crippen molar-refractivity contribution in [2.75, 3.05) is 6.16 Å². The van der Waals surface area contributed by atoms with Gasteiger partial charge in [0.1, 0.15) is 6.16 Å². The van der Waals surface area contributed by atoms with Gasteiger partial charge in [0.25, 0.3) is 0 Å². The Morgan fingerprint density at radius 2 is 1.88 bits per heavy atom. The van der Waals surface area contributed by atoms with Gasteiger partial charge in [-0.25, -0.2) is 4.39 Å². The lowest BCUT2D eigenvalue weighted by Gasteiger charge is -2.00. The summed E-state index contributed by atoms with van der Waals surface area (Å²) in [7, 11) is -4.51. The highest BCUT2D eigenvalue weighted by atomic mass is 31.2. The van der Waals surface area contributed by atoms with Crippen LogP contribution in [0.5, 0.6) is 0 Å². The van der Waals surface area contributed by atoms with Crippen LogP contribution in [-0.4, -0.2) is 21.7 Å². The molecular formula is C10H10FO4P. The van der Waals surface area contributed by atoms with Gasteiger partial charge in [0.15, 0.2) is 5.83 Å². The molecule has 4 nitrogen and oxygen atoms in total. The van der Waals surface area contributed by atoms with E-state index in [2.05, 4.69) is 0 Å². The van der Waals surface area contributed by atoms with Crippen molar-refractivity contribution in [3.8, 4) is 0 Å². The van der Waals surface area contributed by atoms with Crippen molar-refractivity contribution in [1.82, 2.24) is 0 Å². The lowest BCUT2D eigenvalue weighted by Crippen LogP contribution is -2.05. The van der Waals surface area contributed by atoms with Crippen LogP contribution in [0.2, 0.25) is 0 Å². The molecule has 0 heterocycles. The molecule has 1 aromatic rings. The number of rotatable bonds is 4. The zero-order valence-electron chi connectivity index (χ0n) is 8.21. The van der Waals surface area contributed by atoms with Crippen LogP contribution in [0.25, 0.3) is 6.08 Å². The topological polar surface area (TPSA) is 74.6 Å². The molecular weight excluding hydrogens is 234 g/mol. The molecule has 0 aliphatic carbocycles. The first-order valence-electron chi connectivity index (χ1n) is 4.38. The van der Waals surface area contributed by atoms with Crippen molar-refractivity contribution >= 4 is 19.5 Å². The molecule has 0 aliphatic rings. The summed E-state index contributed by atoms with van der Waals surface area (Å²) in [6.07, 6.45) is -0.167. The maximum absolute atomic E-state index is 13.2. The minimum Gasteiger partial charge on any atom is -0.324 e. The third-order valence-electron chi connectivity index (χ3n) is 1.71. The number of allylic oxidation sites excluding steroid dienone is 1. The summed E-state index contributed by atoms with van der Waals surface area (Å²) < 4.78 is 23.7. The summed E-state index contributed by atoms with van der Waals surface area (Å²) in [6.45, 7) is 0. The van der Waals surface area contributed by atoms with Gasteiger partial charge in [-0.1, -0.05) is 30.3 Å². The molecule has 0 amide bonds. The first-order valence-corrected chi connectivity index (χ1v) is 6.18. The van der Waals surface area contributed by atoms with Gasteiger partial charge in [-0.2, -0.15) is 0 Å². The number of carbonyl (C=O) groups is 1. The van der Waals surface area contributed by atoms with E-state index in [4.69, 9.17) is 9.79 Å². The van der Waals surface area contributed by atoms with Crippen LogP contribution in [0.15, 0.2) is 36.2 Å². The van der Waals surface area contributed by atoms with Crippen LogP contribution in [-0.2, 0) is 9.36 Å². The monoisotopic (exact) mass is 244 g/mol. The van der Waals surface area contributed by atoms with Crippen molar-refractivity contribution < 1.29 is 23.5 Å². The van der Waals surface area contributed by atoms with Gasteiger partial charge in [-0.05, 0) is 11.6 Å². The van der Waals surface area contributed by atoms with Crippen molar-refractivity contribution in [2.45, 2.75) is 0 Å². The van der Waals surface area contributed by atoms with Crippen molar-refractivity contribution in [3.63, 3.8) is 0 Å². The Labute approximate surface area is 91.6 Å². The minimum atomic E-state index is -4.51. The second-order valence-electron chi connectivity index (χ2n) is 3.15. The Bertz CT molecular complexity index is 449. The van der Waals surface area contributed by atoms with Crippen LogP contribution >= 0.6 is 7.60 Å². The number of Topliss-reactive ketones (excluding diaryl/α,β-unsaturated/α-hetero) is 1. The minimum absolute atomic E-state index is 0.457. The Morgan fingerprint density at radius 1 is 1.31 bits per heavy atom. The molecule has 0 saturated carbocycles. The van der Waals surface area contributed by atoms with Gasteiger partial charge < -0.3 is 9.79 Å². The van der Waals surface area contributed by atoms with Crippen LogP contribution in [0.4, 0.5) is 4.39 Å².